The van der Waals surface area contributed by atoms with Crippen LogP contribution in [0.3, 0.4) is 0 Å². The first-order valence-electron chi connectivity index (χ1n) is 5.60. The summed E-state index contributed by atoms with van der Waals surface area (Å²) in [6.45, 7) is 5.67. The second kappa shape index (κ2) is 4.64. The molecule has 5 N–H and O–H groups in total. The first-order valence-corrected chi connectivity index (χ1v) is 5.60. The highest BCUT2D eigenvalue weighted by atomic mass is 16.3. The summed E-state index contributed by atoms with van der Waals surface area (Å²) in [6, 6.07) is 4.53. The van der Waals surface area contributed by atoms with Gasteiger partial charge in [-0.25, -0.2) is 0 Å². The van der Waals surface area contributed by atoms with E-state index < -0.39 is 5.72 Å². The van der Waals surface area contributed by atoms with Gasteiger partial charge in [0.05, 0.1) is 6.61 Å². The number of aliphatic hydroxyl groups is 2. The predicted octanol–water partition coefficient (Wildman–Crippen LogP) is 1.42. The molecule has 0 aromatic heterocycles. The van der Waals surface area contributed by atoms with Gasteiger partial charge in [-0.3, -0.25) is 5.73 Å². The molecule has 0 bridgehead atoms. The number of hydrogen-bond acceptors (Lipinski definition) is 4. The van der Waals surface area contributed by atoms with Crippen molar-refractivity contribution in [2.24, 2.45) is 11.1 Å². The summed E-state index contributed by atoms with van der Waals surface area (Å²) in [7, 11) is 0. The number of hydrogen-bond donors (Lipinski definition) is 4. The van der Waals surface area contributed by atoms with Crippen LogP contribution in [-0.2, 0) is 12.3 Å². The van der Waals surface area contributed by atoms with Crippen LogP contribution in [0, 0.1) is 5.41 Å². The van der Waals surface area contributed by atoms with Crippen LogP contribution >= 0.6 is 0 Å². The molecule has 0 spiro atoms. The van der Waals surface area contributed by atoms with Crippen LogP contribution in [0.2, 0.25) is 0 Å². The van der Waals surface area contributed by atoms with Crippen molar-refractivity contribution in [1.29, 1.82) is 0 Å². The first kappa shape index (κ1) is 14.0. The van der Waals surface area contributed by atoms with E-state index in [1.807, 2.05) is 20.8 Å². The lowest BCUT2D eigenvalue weighted by Crippen LogP contribution is -2.40. The molecular formula is C13H21NO3. The van der Waals surface area contributed by atoms with E-state index in [2.05, 4.69) is 0 Å². The fraction of sp³-hybridized carbons (Fsp3) is 0.538. The minimum Gasteiger partial charge on any atom is -0.508 e. The summed E-state index contributed by atoms with van der Waals surface area (Å²) in [4.78, 5) is 0. The maximum absolute atomic E-state index is 10.2. The van der Waals surface area contributed by atoms with Gasteiger partial charge in [0.15, 0.2) is 0 Å². The van der Waals surface area contributed by atoms with Gasteiger partial charge in [-0.15, -0.1) is 0 Å². The second-order valence-electron chi connectivity index (χ2n) is 5.66. The Morgan fingerprint density at radius 3 is 2.29 bits per heavy atom. The highest BCUT2D eigenvalue weighted by Crippen LogP contribution is 2.32. The van der Waals surface area contributed by atoms with E-state index in [1.165, 1.54) is 12.1 Å². The number of rotatable bonds is 3. The van der Waals surface area contributed by atoms with E-state index >= 15 is 0 Å². The summed E-state index contributed by atoms with van der Waals surface area (Å²) in [5.41, 5.74) is 5.16. The van der Waals surface area contributed by atoms with Crippen molar-refractivity contribution >= 4 is 0 Å². The first-order chi connectivity index (χ1) is 7.65. The molecular weight excluding hydrogens is 218 g/mol. The Bertz CT molecular complexity index is 394. The van der Waals surface area contributed by atoms with Gasteiger partial charge in [0.2, 0.25) is 0 Å². The number of nitrogens with two attached hydrogens (primary N) is 1. The van der Waals surface area contributed by atoms with Gasteiger partial charge in [0, 0.05) is 5.56 Å². The summed E-state index contributed by atoms with van der Waals surface area (Å²) < 4.78 is 0. The molecule has 0 radical (unpaired) electrons. The molecule has 4 heteroatoms. The molecule has 0 aliphatic rings. The van der Waals surface area contributed by atoms with Crippen molar-refractivity contribution < 1.29 is 15.3 Å². The van der Waals surface area contributed by atoms with Gasteiger partial charge >= 0.3 is 0 Å². The Labute approximate surface area is 102 Å². The minimum atomic E-state index is -1.46. The highest BCUT2D eigenvalue weighted by Gasteiger charge is 2.30. The predicted molar refractivity (Wildman–Crippen MR) is 66.2 cm³/mol. The third kappa shape index (κ3) is 3.70. The molecule has 0 saturated heterocycles. The monoisotopic (exact) mass is 239 g/mol. The van der Waals surface area contributed by atoms with Gasteiger partial charge < -0.3 is 15.3 Å². The average molecular weight is 239 g/mol. The molecule has 1 aromatic rings. The molecule has 0 heterocycles. The maximum Gasteiger partial charge on any atom is 0.140 e. The van der Waals surface area contributed by atoms with Crippen molar-refractivity contribution in [3.63, 3.8) is 0 Å². The van der Waals surface area contributed by atoms with Gasteiger partial charge in [0.25, 0.3) is 0 Å². The van der Waals surface area contributed by atoms with E-state index in [1.54, 1.807) is 6.07 Å². The van der Waals surface area contributed by atoms with Crippen LogP contribution in [-0.4, -0.2) is 15.3 Å². The fourth-order valence-corrected chi connectivity index (χ4v) is 1.89. The molecule has 1 aromatic carbocycles. The Hall–Kier alpha value is -1.10. The molecule has 1 rings (SSSR count). The third-order valence-electron chi connectivity index (χ3n) is 2.55. The third-order valence-corrected chi connectivity index (χ3v) is 2.55. The van der Waals surface area contributed by atoms with E-state index in [-0.39, 0.29) is 17.8 Å². The number of aliphatic hydroxyl groups excluding tert-OH is 1. The number of benzene rings is 1. The SMILES string of the molecule is CC(C)(C)CC(N)(O)c1ccc(O)c(CO)c1. The Kier molecular flexibility index (Phi) is 3.81. The molecule has 96 valence electrons. The molecule has 1 unspecified atom stereocenters. The zero-order valence-corrected chi connectivity index (χ0v) is 10.6. The van der Waals surface area contributed by atoms with Gasteiger partial charge in [-0.2, -0.15) is 0 Å². The Morgan fingerprint density at radius 2 is 1.82 bits per heavy atom. The van der Waals surface area contributed by atoms with E-state index in [0.29, 0.717) is 17.5 Å². The molecule has 0 aliphatic heterocycles. The molecule has 4 nitrogen and oxygen atoms in total. The molecule has 0 fully saturated rings. The lowest BCUT2D eigenvalue weighted by atomic mass is 9.83. The van der Waals surface area contributed by atoms with Crippen molar-refractivity contribution in [1.82, 2.24) is 0 Å². The van der Waals surface area contributed by atoms with Crippen molar-refractivity contribution in [3.8, 4) is 5.75 Å². The summed E-state index contributed by atoms with van der Waals surface area (Å²) in [5, 5.41) is 28.8. The van der Waals surface area contributed by atoms with Crippen LogP contribution in [0.15, 0.2) is 18.2 Å². The van der Waals surface area contributed by atoms with Crippen LogP contribution < -0.4 is 5.73 Å². The maximum atomic E-state index is 10.2. The lowest BCUT2D eigenvalue weighted by molar-refractivity contribution is 0.00276. The van der Waals surface area contributed by atoms with Crippen LogP contribution in [0.4, 0.5) is 0 Å². The zero-order valence-electron chi connectivity index (χ0n) is 10.6. The van der Waals surface area contributed by atoms with Crippen molar-refractivity contribution in [2.75, 3.05) is 0 Å². The second-order valence-corrected chi connectivity index (χ2v) is 5.66. The molecule has 0 saturated carbocycles. The van der Waals surface area contributed by atoms with Crippen LogP contribution in [0.1, 0.15) is 38.3 Å². The molecule has 0 amide bonds. The Balaban J connectivity index is 3.06. The molecule has 1 atom stereocenters. The van der Waals surface area contributed by atoms with Crippen molar-refractivity contribution in [3.05, 3.63) is 29.3 Å². The summed E-state index contributed by atoms with van der Waals surface area (Å²) in [5.74, 6) is 0.00260. The quantitative estimate of drug-likeness (QED) is 0.601. The smallest absolute Gasteiger partial charge is 0.140 e. The van der Waals surface area contributed by atoms with E-state index in [9.17, 15) is 10.2 Å². The fourth-order valence-electron chi connectivity index (χ4n) is 1.89. The zero-order chi connectivity index (χ0) is 13.3. The lowest BCUT2D eigenvalue weighted by Gasteiger charge is -2.31. The minimum absolute atomic E-state index is 0.00260. The van der Waals surface area contributed by atoms with Gasteiger partial charge in [0.1, 0.15) is 11.5 Å². The average Bonchev–Trinajstić information content (AvgIpc) is 2.14. The van der Waals surface area contributed by atoms with Gasteiger partial charge in [-0.1, -0.05) is 26.8 Å². The van der Waals surface area contributed by atoms with E-state index in [4.69, 9.17) is 10.8 Å². The number of aromatic hydroxyl groups is 1. The molecule has 17 heavy (non-hydrogen) atoms. The standard InChI is InChI=1S/C13H21NO3/c1-12(2,3)8-13(14,17)10-4-5-11(16)9(6-10)7-15/h4-6,15-17H,7-8,14H2,1-3H3. The highest BCUT2D eigenvalue weighted by molar-refractivity contribution is 5.37. The summed E-state index contributed by atoms with van der Waals surface area (Å²) >= 11 is 0. The topological polar surface area (TPSA) is 86.7 Å². The van der Waals surface area contributed by atoms with Gasteiger partial charge in [-0.05, 0) is 29.5 Å². The largest absolute Gasteiger partial charge is 0.508 e. The number of phenols is 1. The van der Waals surface area contributed by atoms with Crippen molar-refractivity contribution in [2.45, 2.75) is 39.5 Å². The summed E-state index contributed by atoms with van der Waals surface area (Å²) in [6.07, 6.45) is 0.385. The Morgan fingerprint density at radius 1 is 1.24 bits per heavy atom. The van der Waals surface area contributed by atoms with Crippen LogP contribution in [0.25, 0.3) is 0 Å². The van der Waals surface area contributed by atoms with E-state index in [0.717, 1.165) is 0 Å². The molecule has 0 aliphatic carbocycles. The normalized spacial score (nSPS) is 15.6. The van der Waals surface area contributed by atoms with Crippen LogP contribution in [0.5, 0.6) is 5.75 Å².